The molecule has 0 bridgehead atoms. The maximum atomic E-state index is 9.87. The third kappa shape index (κ3) is 1.64. The molecule has 1 N–H and O–H groups in total. The average molecular weight is 237 g/mol. The van der Waals surface area contributed by atoms with Crippen molar-refractivity contribution >= 4 is 17.1 Å². The maximum absolute atomic E-state index is 9.87. The molecule has 0 spiro atoms. The minimum absolute atomic E-state index is 0.140. The van der Waals surface area contributed by atoms with Gasteiger partial charge in [0.25, 0.3) is 0 Å². The van der Waals surface area contributed by atoms with E-state index in [2.05, 4.69) is 16.8 Å². The van der Waals surface area contributed by atoms with Gasteiger partial charge in [-0.3, -0.25) is 0 Å². The molecule has 3 rings (SSSR count). The minimum atomic E-state index is 0.140. The molecule has 0 saturated heterocycles. The van der Waals surface area contributed by atoms with Gasteiger partial charge in [-0.15, -0.1) is 15.0 Å². The molecule has 88 valence electrons. The van der Waals surface area contributed by atoms with Gasteiger partial charge in [-0.1, -0.05) is 30.9 Å². The first-order valence-corrected chi connectivity index (χ1v) is 5.56. The third-order valence-corrected chi connectivity index (χ3v) is 2.74. The van der Waals surface area contributed by atoms with Gasteiger partial charge in [-0.2, -0.15) is 0 Å². The molecule has 18 heavy (non-hydrogen) atoms. The molecule has 0 fully saturated rings. The van der Waals surface area contributed by atoms with E-state index in [4.69, 9.17) is 0 Å². The van der Waals surface area contributed by atoms with Crippen molar-refractivity contribution in [3.8, 4) is 11.4 Å². The van der Waals surface area contributed by atoms with Crippen LogP contribution in [0.5, 0.6) is 5.75 Å². The van der Waals surface area contributed by atoms with Gasteiger partial charge in [0.2, 0.25) is 0 Å². The van der Waals surface area contributed by atoms with E-state index >= 15 is 0 Å². The molecule has 1 heterocycles. The predicted octanol–water partition coefficient (Wildman–Crippen LogP) is 2.77. The highest BCUT2D eigenvalue weighted by molar-refractivity contribution is 5.73. The summed E-state index contributed by atoms with van der Waals surface area (Å²) in [6, 6.07) is 12.8. The lowest BCUT2D eigenvalue weighted by molar-refractivity contribution is 0.467. The fourth-order valence-electron chi connectivity index (χ4n) is 1.80. The van der Waals surface area contributed by atoms with Crippen LogP contribution in [0.1, 0.15) is 5.56 Å². The van der Waals surface area contributed by atoms with E-state index in [-0.39, 0.29) is 5.75 Å². The maximum Gasteiger partial charge on any atom is 0.143 e. The van der Waals surface area contributed by atoms with Crippen LogP contribution in [0.3, 0.4) is 0 Å². The quantitative estimate of drug-likeness (QED) is 0.745. The Bertz CT molecular complexity index is 698. The van der Waals surface area contributed by atoms with Crippen LogP contribution in [0.15, 0.2) is 49.0 Å². The zero-order valence-electron chi connectivity index (χ0n) is 9.61. The lowest BCUT2D eigenvalue weighted by atomic mass is 10.2. The summed E-state index contributed by atoms with van der Waals surface area (Å²) in [4.78, 5) is 1.44. The van der Waals surface area contributed by atoms with Gasteiger partial charge >= 0.3 is 0 Å². The standard InChI is InChI=1S/C14H11N3O/c1-2-10-7-8-14(18)13(9-10)17-15-11-5-3-4-6-12(11)16-17/h2-9,18H,1H2. The molecule has 0 atom stereocenters. The lowest BCUT2D eigenvalue weighted by Crippen LogP contribution is -1.99. The average Bonchev–Trinajstić information content (AvgIpc) is 2.82. The van der Waals surface area contributed by atoms with Gasteiger partial charge in [0.05, 0.1) is 0 Å². The minimum Gasteiger partial charge on any atom is -0.506 e. The number of hydrogen-bond donors (Lipinski definition) is 1. The molecular weight excluding hydrogens is 226 g/mol. The lowest BCUT2D eigenvalue weighted by Gasteiger charge is -2.03. The largest absolute Gasteiger partial charge is 0.506 e. The summed E-state index contributed by atoms with van der Waals surface area (Å²) >= 11 is 0. The van der Waals surface area contributed by atoms with Crippen LogP contribution >= 0.6 is 0 Å². The Morgan fingerprint density at radius 2 is 1.72 bits per heavy atom. The molecule has 0 amide bonds. The molecule has 0 unspecified atom stereocenters. The highest BCUT2D eigenvalue weighted by Crippen LogP contribution is 2.23. The van der Waals surface area contributed by atoms with Gasteiger partial charge in [-0.05, 0) is 29.8 Å². The van der Waals surface area contributed by atoms with Crippen LogP contribution in [-0.4, -0.2) is 20.1 Å². The molecule has 0 aliphatic heterocycles. The number of fused-ring (bicyclic) bond motifs is 1. The topological polar surface area (TPSA) is 50.9 Å². The summed E-state index contributed by atoms with van der Waals surface area (Å²) in [6.07, 6.45) is 1.71. The number of hydrogen-bond acceptors (Lipinski definition) is 3. The number of nitrogens with zero attached hydrogens (tertiary/aromatic N) is 3. The molecule has 4 nitrogen and oxygen atoms in total. The first kappa shape index (κ1) is 10.5. The molecule has 3 aromatic rings. The Morgan fingerprint density at radius 1 is 1.06 bits per heavy atom. The summed E-state index contributed by atoms with van der Waals surface area (Å²) in [5, 5.41) is 18.5. The molecule has 1 aromatic heterocycles. The SMILES string of the molecule is C=Cc1ccc(O)c(-n2nc3ccccc3n2)c1. The Kier molecular flexibility index (Phi) is 2.34. The highest BCUT2D eigenvalue weighted by Gasteiger charge is 2.08. The first-order valence-electron chi connectivity index (χ1n) is 5.56. The summed E-state index contributed by atoms with van der Waals surface area (Å²) in [5.74, 6) is 0.140. The fourth-order valence-corrected chi connectivity index (χ4v) is 1.80. The number of phenolic OH excluding ortho intramolecular Hbond substituents is 1. The van der Waals surface area contributed by atoms with Crippen LogP contribution in [0, 0.1) is 0 Å². The van der Waals surface area contributed by atoms with E-state index in [1.54, 1.807) is 24.3 Å². The second kappa shape index (κ2) is 4.00. The molecular formula is C14H11N3O. The number of aromatic hydroxyl groups is 1. The van der Waals surface area contributed by atoms with E-state index in [1.807, 2.05) is 24.3 Å². The van der Waals surface area contributed by atoms with Gasteiger partial charge < -0.3 is 5.11 Å². The smallest absolute Gasteiger partial charge is 0.143 e. The van der Waals surface area contributed by atoms with Crippen LogP contribution in [0.25, 0.3) is 22.8 Å². The summed E-state index contributed by atoms with van der Waals surface area (Å²) < 4.78 is 0. The van der Waals surface area contributed by atoms with Crippen molar-refractivity contribution in [2.24, 2.45) is 0 Å². The number of phenols is 1. The molecule has 0 saturated carbocycles. The molecule has 2 aromatic carbocycles. The zero-order valence-corrected chi connectivity index (χ0v) is 9.61. The van der Waals surface area contributed by atoms with Gasteiger partial charge in [-0.25, -0.2) is 0 Å². The van der Waals surface area contributed by atoms with Gasteiger partial charge in [0.1, 0.15) is 22.5 Å². The van der Waals surface area contributed by atoms with Crippen LogP contribution in [-0.2, 0) is 0 Å². The van der Waals surface area contributed by atoms with E-state index in [0.717, 1.165) is 16.6 Å². The second-order valence-corrected chi connectivity index (χ2v) is 3.93. The van der Waals surface area contributed by atoms with E-state index in [1.165, 1.54) is 4.80 Å². The molecule has 0 aliphatic carbocycles. The van der Waals surface area contributed by atoms with Crippen LogP contribution in [0.4, 0.5) is 0 Å². The third-order valence-electron chi connectivity index (χ3n) is 2.74. The number of rotatable bonds is 2. The zero-order chi connectivity index (χ0) is 12.5. The van der Waals surface area contributed by atoms with Gasteiger partial charge in [0, 0.05) is 0 Å². The van der Waals surface area contributed by atoms with E-state index in [0.29, 0.717) is 5.69 Å². The van der Waals surface area contributed by atoms with Crippen molar-refractivity contribution in [1.29, 1.82) is 0 Å². The van der Waals surface area contributed by atoms with Crippen molar-refractivity contribution in [3.05, 3.63) is 54.6 Å². The van der Waals surface area contributed by atoms with Crippen molar-refractivity contribution < 1.29 is 5.11 Å². The Hall–Kier alpha value is -2.62. The Morgan fingerprint density at radius 3 is 2.33 bits per heavy atom. The second-order valence-electron chi connectivity index (χ2n) is 3.93. The van der Waals surface area contributed by atoms with E-state index in [9.17, 15) is 5.11 Å². The summed E-state index contributed by atoms with van der Waals surface area (Å²) in [7, 11) is 0. The summed E-state index contributed by atoms with van der Waals surface area (Å²) in [5.41, 5.74) is 3.04. The predicted molar refractivity (Wildman–Crippen MR) is 70.6 cm³/mol. The van der Waals surface area contributed by atoms with Crippen molar-refractivity contribution in [1.82, 2.24) is 15.0 Å². The van der Waals surface area contributed by atoms with Crippen molar-refractivity contribution in [3.63, 3.8) is 0 Å². The highest BCUT2D eigenvalue weighted by atomic mass is 16.3. The fraction of sp³-hybridized carbons (Fsp3) is 0. The summed E-state index contributed by atoms with van der Waals surface area (Å²) in [6.45, 7) is 3.71. The monoisotopic (exact) mass is 237 g/mol. The van der Waals surface area contributed by atoms with Crippen LogP contribution in [0.2, 0.25) is 0 Å². The van der Waals surface area contributed by atoms with E-state index < -0.39 is 0 Å². The molecule has 4 heteroatoms. The van der Waals surface area contributed by atoms with Gasteiger partial charge in [0.15, 0.2) is 0 Å². The number of aromatic nitrogens is 3. The normalized spacial score (nSPS) is 10.7. The number of benzene rings is 2. The Balaban J connectivity index is 2.21. The first-order chi connectivity index (χ1) is 8.78. The Labute approximate surface area is 104 Å². The van der Waals surface area contributed by atoms with Crippen LogP contribution < -0.4 is 0 Å². The molecule has 0 aliphatic rings. The molecule has 0 radical (unpaired) electrons. The van der Waals surface area contributed by atoms with Crippen molar-refractivity contribution in [2.75, 3.05) is 0 Å². The van der Waals surface area contributed by atoms with Crippen molar-refractivity contribution in [2.45, 2.75) is 0 Å².